The second kappa shape index (κ2) is 10.7. The normalized spacial score (nSPS) is 15.7. The van der Waals surface area contributed by atoms with Crippen molar-refractivity contribution in [1.29, 1.82) is 0 Å². The number of unbranched alkanes of at least 4 members (excludes halogenated alkanes) is 2. The molecule has 0 unspecified atom stereocenters. The largest absolute Gasteiger partial charge is 0.333 e. The smallest absolute Gasteiger partial charge is 0.242 e. The lowest BCUT2D eigenvalue weighted by Gasteiger charge is -2.37. The highest BCUT2D eigenvalue weighted by molar-refractivity contribution is 7.10. The van der Waals surface area contributed by atoms with Crippen LogP contribution in [0.1, 0.15) is 68.0 Å². The third-order valence-electron chi connectivity index (χ3n) is 5.68. The molecule has 1 aliphatic heterocycles. The van der Waals surface area contributed by atoms with Gasteiger partial charge in [0.2, 0.25) is 11.8 Å². The summed E-state index contributed by atoms with van der Waals surface area (Å²) in [4.78, 5) is 31.0. The van der Waals surface area contributed by atoms with E-state index < -0.39 is 0 Å². The maximum Gasteiger partial charge on any atom is 0.242 e. The number of rotatable bonds is 9. The Balaban J connectivity index is 1.82. The summed E-state index contributed by atoms with van der Waals surface area (Å²) < 4.78 is 13.5. The Morgan fingerprint density at radius 3 is 2.57 bits per heavy atom. The van der Waals surface area contributed by atoms with Crippen molar-refractivity contribution >= 4 is 23.2 Å². The van der Waals surface area contributed by atoms with Crippen molar-refractivity contribution in [2.45, 2.75) is 58.4 Å². The molecule has 1 aromatic heterocycles. The van der Waals surface area contributed by atoms with E-state index in [2.05, 4.69) is 25.3 Å². The Hall–Kier alpha value is -2.21. The molecule has 30 heavy (non-hydrogen) atoms. The Bertz CT molecular complexity index is 849. The fourth-order valence-corrected chi connectivity index (χ4v) is 4.87. The van der Waals surface area contributed by atoms with Crippen LogP contribution in [0.3, 0.4) is 0 Å². The topological polar surface area (TPSA) is 40.6 Å². The summed E-state index contributed by atoms with van der Waals surface area (Å²) in [6.07, 6.45) is 4.97. The molecule has 2 amide bonds. The number of carbonyl (C=O) groups is 2. The Labute approximate surface area is 182 Å². The van der Waals surface area contributed by atoms with Crippen LogP contribution in [0, 0.1) is 5.82 Å². The number of benzene rings is 1. The number of carbonyl (C=O) groups excluding carboxylic acids is 2. The van der Waals surface area contributed by atoms with Crippen LogP contribution >= 0.6 is 11.3 Å². The zero-order chi connectivity index (χ0) is 21.5. The first-order valence-electron chi connectivity index (χ1n) is 10.9. The summed E-state index contributed by atoms with van der Waals surface area (Å²) in [5, 5.41) is 2.05. The maximum absolute atomic E-state index is 13.5. The van der Waals surface area contributed by atoms with Crippen LogP contribution in [0.15, 0.2) is 35.7 Å². The molecule has 0 saturated heterocycles. The minimum absolute atomic E-state index is 0.0397. The highest BCUT2D eigenvalue weighted by Gasteiger charge is 2.33. The fourth-order valence-electron chi connectivity index (χ4n) is 3.97. The van der Waals surface area contributed by atoms with E-state index in [4.69, 9.17) is 0 Å². The summed E-state index contributed by atoms with van der Waals surface area (Å²) in [5.74, 6) is -0.266. The van der Waals surface area contributed by atoms with Crippen LogP contribution in [-0.2, 0) is 16.0 Å². The molecule has 0 N–H and O–H groups in total. The van der Waals surface area contributed by atoms with Gasteiger partial charge in [0.05, 0.1) is 12.6 Å². The second-order valence-electron chi connectivity index (χ2n) is 7.86. The lowest BCUT2D eigenvalue weighted by molar-refractivity contribution is -0.141. The van der Waals surface area contributed by atoms with E-state index >= 15 is 0 Å². The molecule has 0 spiro atoms. The SMILES string of the molecule is CCCCC(=O)N(CCCC)CC(=O)N1CCc2sccc2[C@@H]1c1ccc(F)cc1. The number of thiophene rings is 1. The summed E-state index contributed by atoms with van der Waals surface area (Å²) in [6, 6.07) is 8.24. The molecular weight excluding hydrogens is 399 g/mol. The molecule has 0 bridgehead atoms. The zero-order valence-electron chi connectivity index (χ0n) is 17.9. The summed E-state index contributed by atoms with van der Waals surface area (Å²) in [7, 11) is 0. The number of halogens is 1. The first-order chi connectivity index (χ1) is 14.5. The van der Waals surface area contributed by atoms with Crippen LogP contribution in [-0.4, -0.2) is 41.2 Å². The van der Waals surface area contributed by atoms with Crippen molar-refractivity contribution in [3.8, 4) is 0 Å². The van der Waals surface area contributed by atoms with Gasteiger partial charge in [-0.3, -0.25) is 9.59 Å². The van der Waals surface area contributed by atoms with E-state index in [9.17, 15) is 14.0 Å². The number of fused-ring (bicyclic) bond motifs is 1. The van der Waals surface area contributed by atoms with Gasteiger partial charge in [-0.25, -0.2) is 4.39 Å². The highest BCUT2D eigenvalue weighted by atomic mass is 32.1. The van der Waals surface area contributed by atoms with E-state index in [1.54, 1.807) is 28.4 Å². The average molecular weight is 431 g/mol. The van der Waals surface area contributed by atoms with Crippen LogP contribution < -0.4 is 0 Å². The monoisotopic (exact) mass is 430 g/mol. The molecule has 0 radical (unpaired) electrons. The van der Waals surface area contributed by atoms with Crippen molar-refractivity contribution in [2.75, 3.05) is 19.6 Å². The Morgan fingerprint density at radius 1 is 1.13 bits per heavy atom. The number of nitrogens with zero attached hydrogens (tertiary/aromatic N) is 2. The predicted octanol–water partition coefficient (Wildman–Crippen LogP) is 5.18. The van der Waals surface area contributed by atoms with Crippen LogP contribution in [0.5, 0.6) is 0 Å². The Morgan fingerprint density at radius 2 is 1.87 bits per heavy atom. The first kappa shape index (κ1) is 22.5. The first-order valence-corrected chi connectivity index (χ1v) is 11.8. The van der Waals surface area contributed by atoms with Crippen molar-refractivity contribution in [3.63, 3.8) is 0 Å². The highest BCUT2D eigenvalue weighted by Crippen LogP contribution is 2.37. The van der Waals surface area contributed by atoms with Crippen LogP contribution in [0.25, 0.3) is 0 Å². The lowest BCUT2D eigenvalue weighted by atomic mass is 9.93. The Kier molecular flexibility index (Phi) is 8.02. The van der Waals surface area contributed by atoms with Crippen molar-refractivity contribution < 1.29 is 14.0 Å². The molecule has 4 nitrogen and oxygen atoms in total. The standard InChI is InChI=1S/C24H31FN2O2S/c1-3-5-7-22(28)26(14-6-4-2)17-23(29)27-15-12-21-20(13-16-30-21)24(27)18-8-10-19(25)11-9-18/h8-11,13,16,24H,3-7,12,14-15,17H2,1-2H3/t24-/m0/s1. The fraction of sp³-hybridized carbons (Fsp3) is 0.500. The molecule has 3 rings (SSSR count). The number of hydrogen-bond acceptors (Lipinski definition) is 3. The molecule has 2 heterocycles. The van der Waals surface area contributed by atoms with Crippen molar-refractivity contribution in [2.24, 2.45) is 0 Å². The maximum atomic E-state index is 13.5. The second-order valence-corrected chi connectivity index (χ2v) is 8.86. The number of hydrogen-bond donors (Lipinski definition) is 0. The summed E-state index contributed by atoms with van der Waals surface area (Å²) in [6.45, 7) is 5.49. The molecular formula is C24H31FN2O2S. The van der Waals surface area contributed by atoms with Gasteiger partial charge in [0.25, 0.3) is 0 Å². The van der Waals surface area contributed by atoms with Gasteiger partial charge in [0.1, 0.15) is 5.82 Å². The van der Waals surface area contributed by atoms with Gasteiger partial charge in [0.15, 0.2) is 0 Å². The van der Waals surface area contributed by atoms with Crippen molar-refractivity contribution in [3.05, 3.63) is 57.5 Å². The summed E-state index contributed by atoms with van der Waals surface area (Å²) in [5.41, 5.74) is 2.02. The molecule has 1 aromatic carbocycles. The zero-order valence-corrected chi connectivity index (χ0v) is 18.7. The van der Waals surface area contributed by atoms with E-state index in [0.717, 1.165) is 43.2 Å². The average Bonchev–Trinajstić information content (AvgIpc) is 3.23. The molecule has 162 valence electrons. The third kappa shape index (κ3) is 5.28. The van der Waals surface area contributed by atoms with Gasteiger partial charge in [-0.05, 0) is 54.0 Å². The quantitative estimate of drug-likeness (QED) is 0.550. The summed E-state index contributed by atoms with van der Waals surface area (Å²) >= 11 is 1.70. The van der Waals surface area contributed by atoms with Crippen LogP contribution in [0.2, 0.25) is 0 Å². The van der Waals surface area contributed by atoms with E-state index in [1.165, 1.54) is 17.0 Å². The third-order valence-corrected chi connectivity index (χ3v) is 6.67. The van der Waals surface area contributed by atoms with Gasteiger partial charge in [-0.15, -0.1) is 11.3 Å². The lowest BCUT2D eigenvalue weighted by Crippen LogP contribution is -2.47. The molecule has 6 heteroatoms. The predicted molar refractivity (Wildman–Crippen MR) is 119 cm³/mol. The molecule has 1 aliphatic rings. The van der Waals surface area contributed by atoms with Gasteiger partial charge >= 0.3 is 0 Å². The van der Waals surface area contributed by atoms with Gasteiger partial charge in [0, 0.05) is 24.4 Å². The number of amides is 2. The van der Waals surface area contributed by atoms with Gasteiger partial charge in [-0.2, -0.15) is 0 Å². The van der Waals surface area contributed by atoms with E-state index in [0.29, 0.717) is 19.5 Å². The molecule has 0 fully saturated rings. The van der Waals surface area contributed by atoms with Gasteiger partial charge < -0.3 is 9.80 Å². The minimum Gasteiger partial charge on any atom is -0.333 e. The minimum atomic E-state index is -0.287. The molecule has 0 aliphatic carbocycles. The van der Waals surface area contributed by atoms with E-state index in [-0.39, 0.29) is 30.2 Å². The molecule has 0 saturated carbocycles. The van der Waals surface area contributed by atoms with Crippen LogP contribution in [0.4, 0.5) is 4.39 Å². The van der Waals surface area contributed by atoms with Gasteiger partial charge in [-0.1, -0.05) is 38.8 Å². The molecule has 2 aromatic rings. The van der Waals surface area contributed by atoms with E-state index in [1.807, 2.05) is 4.90 Å². The molecule has 1 atom stereocenters. The van der Waals surface area contributed by atoms with Crippen molar-refractivity contribution in [1.82, 2.24) is 9.80 Å².